The van der Waals surface area contributed by atoms with Crippen molar-refractivity contribution in [2.75, 3.05) is 5.34 Å². The van der Waals surface area contributed by atoms with Gasteiger partial charge in [0.2, 0.25) is 10.6 Å². The number of halogens is 7. The Bertz CT molecular complexity index is 1940. The molecule has 0 aliphatic carbocycles. The minimum absolute atomic E-state index is 0.194. The van der Waals surface area contributed by atoms with Crippen LogP contribution in [-0.2, 0) is 11.2 Å². The van der Waals surface area contributed by atoms with E-state index in [0.717, 1.165) is 38.4 Å². The first kappa shape index (κ1) is 35.4. The first-order valence-corrected chi connectivity index (χ1v) is 19.3. The number of hydrogen-bond donors (Lipinski definition) is 0. The Morgan fingerprint density at radius 1 is 0.467 bits per heavy atom. The SMILES string of the molecule is ClCCl.Clc1ncc(-c2ccccc2-c2ccccc2)cn1.Clc1ncc2c3ccccc3c3ccccc3c2n1.[Cl][Fe]([Cl])[Cl]. The molecule has 0 fully saturated rings. The molecular formula is C33H22Cl7FeN4. The van der Waals surface area contributed by atoms with Crippen LogP contribution in [0.4, 0.5) is 0 Å². The maximum atomic E-state index is 5.95. The van der Waals surface area contributed by atoms with E-state index in [1.165, 1.54) is 16.3 Å². The molecule has 0 N–H and O–H groups in total. The molecule has 7 rings (SSSR count). The summed E-state index contributed by atoms with van der Waals surface area (Å²) in [7, 11) is 14.7. The molecule has 231 valence electrons. The van der Waals surface area contributed by atoms with Gasteiger partial charge in [-0.1, -0.05) is 103 Å². The predicted molar refractivity (Wildman–Crippen MR) is 192 cm³/mol. The van der Waals surface area contributed by atoms with Gasteiger partial charge >= 0.3 is 41.5 Å². The first-order valence-electron chi connectivity index (χ1n) is 13.0. The van der Waals surface area contributed by atoms with Crippen LogP contribution in [0.25, 0.3) is 54.7 Å². The van der Waals surface area contributed by atoms with Gasteiger partial charge < -0.3 is 0 Å². The monoisotopic (exact) mass is 775 g/mol. The van der Waals surface area contributed by atoms with E-state index in [1.54, 1.807) is 18.6 Å². The summed E-state index contributed by atoms with van der Waals surface area (Å²) in [6.07, 6.45) is 5.30. The first-order chi connectivity index (χ1) is 21.8. The molecule has 0 spiro atoms. The molecule has 0 atom stereocenters. The van der Waals surface area contributed by atoms with E-state index in [1.807, 2.05) is 48.5 Å². The van der Waals surface area contributed by atoms with Crippen molar-refractivity contribution < 1.29 is 11.2 Å². The summed E-state index contributed by atoms with van der Waals surface area (Å²) in [5.41, 5.74) is 5.31. The van der Waals surface area contributed by atoms with Crippen LogP contribution in [-0.4, -0.2) is 25.3 Å². The van der Waals surface area contributed by atoms with Gasteiger partial charge in [0.25, 0.3) is 0 Å². The normalized spacial score (nSPS) is 10.6. The van der Waals surface area contributed by atoms with Crippen LogP contribution in [0, 0.1) is 0 Å². The summed E-state index contributed by atoms with van der Waals surface area (Å²) in [6, 6.07) is 35.0. The molecule has 45 heavy (non-hydrogen) atoms. The second kappa shape index (κ2) is 18.1. The molecule has 0 unspecified atom stereocenters. The van der Waals surface area contributed by atoms with E-state index in [4.69, 9.17) is 76.7 Å². The molecule has 2 heterocycles. The standard InChI is InChI=1S/C16H9ClN2.C16H11ClN2.CH2Cl2.3ClH.Fe/c17-16-18-9-14-12-7-2-1-5-10(12)11-6-3-4-8-13(11)15(14)19-16;17-16-18-10-13(11-19-16)15-9-5-4-8-14(15)12-6-2-1-3-7-12;2-1-3;;;;/h1-9H;1-11H;1H2;3*1H;/q;;;;;;+3/p-3. The Labute approximate surface area is 297 Å². The van der Waals surface area contributed by atoms with Gasteiger partial charge in [-0.2, -0.15) is 0 Å². The number of fused-ring (bicyclic) bond motifs is 6. The van der Waals surface area contributed by atoms with E-state index in [9.17, 15) is 0 Å². The molecule has 7 aromatic rings. The Morgan fingerprint density at radius 3 is 1.42 bits per heavy atom. The van der Waals surface area contributed by atoms with Gasteiger partial charge in [-0.3, -0.25) is 0 Å². The topological polar surface area (TPSA) is 51.6 Å². The van der Waals surface area contributed by atoms with E-state index in [-0.39, 0.29) is 15.9 Å². The maximum absolute atomic E-state index is 5.95. The second-order valence-corrected chi connectivity index (χ2v) is 15.9. The Kier molecular flexibility index (Phi) is 14.2. The summed E-state index contributed by atoms with van der Waals surface area (Å²) < 4.78 is 0. The second-order valence-electron chi connectivity index (χ2n) is 8.90. The van der Waals surface area contributed by atoms with Crippen molar-refractivity contribution in [1.29, 1.82) is 0 Å². The third kappa shape index (κ3) is 9.79. The Morgan fingerprint density at radius 2 is 0.867 bits per heavy atom. The number of aromatic nitrogens is 4. The fourth-order valence-electron chi connectivity index (χ4n) is 4.70. The average Bonchev–Trinajstić information content (AvgIpc) is 3.06. The molecule has 0 radical (unpaired) electrons. The third-order valence-corrected chi connectivity index (χ3v) is 6.77. The van der Waals surface area contributed by atoms with Crippen LogP contribution in [0.2, 0.25) is 10.6 Å². The number of rotatable bonds is 2. The minimum atomic E-state index is -1.33. The third-order valence-electron chi connectivity index (χ3n) is 6.39. The zero-order chi connectivity index (χ0) is 32.2. The molecule has 5 aromatic carbocycles. The van der Waals surface area contributed by atoms with Gasteiger partial charge in [0, 0.05) is 34.9 Å². The van der Waals surface area contributed by atoms with E-state index in [0.29, 0.717) is 0 Å². The van der Waals surface area contributed by atoms with Crippen LogP contribution >= 0.6 is 76.7 Å². The van der Waals surface area contributed by atoms with Gasteiger partial charge in [0.1, 0.15) is 0 Å². The van der Waals surface area contributed by atoms with Crippen molar-refractivity contribution >= 4 is 109 Å². The van der Waals surface area contributed by atoms with Gasteiger partial charge in [0.05, 0.1) is 10.9 Å². The summed E-state index contributed by atoms with van der Waals surface area (Å²) in [5.74, 6) is 0. The van der Waals surface area contributed by atoms with Crippen LogP contribution in [0.15, 0.2) is 122 Å². The molecule has 0 amide bonds. The Hall–Kier alpha value is -2.41. The van der Waals surface area contributed by atoms with Crippen molar-refractivity contribution in [3.8, 4) is 22.3 Å². The fourth-order valence-corrected chi connectivity index (χ4v) is 4.93. The van der Waals surface area contributed by atoms with Gasteiger partial charge in [0.15, 0.2) is 0 Å². The summed E-state index contributed by atoms with van der Waals surface area (Å²) in [4.78, 5) is 16.6. The molecule has 4 nitrogen and oxygen atoms in total. The zero-order valence-corrected chi connectivity index (χ0v) is 29.4. The van der Waals surface area contributed by atoms with Crippen molar-refractivity contribution in [2.45, 2.75) is 0 Å². The summed E-state index contributed by atoms with van der Waals surface area (Å²) >= 11 is 19.9. The van der Waals surface area contributed by atoms with Crippen molar-refractivity contribution in [3.05, 3.63) is 132 Å². The molecule has 12 heteroatoms. The number of alkyl halides is 2. The number of hydrogen-bond acceptors (Lipinski definition) is 4. The molecular weight excluding hydrogens is 756 g/mol. The number of benzene rings is 5. The van der Waals surface area contributed by atoms with E-state index < -0.39 is 11.2 Å². The van der Waals surface area contributed by atoms with Gasteiger partial charge in [-0.25, -0.2) is 19.9 Å². The Balaban J connectivity index is 0.000000170. The molecule has 0 bridgehead atoms. The predicted octanol–water partition coefficient (Wildman–Crippen LogP) is 12.5. The van der Waals surface area contributed by atoms with Crippen molar-refractivity contribution in [3.63, 3.8) is 0 Å². The number of nitrogens with zero attached hydrogens (tertiary/aromatic N) is 4. The van der Waals surface area contributed by atoms with E-state index >= 15 is 0 Å². The van der Waals surface area contributed by atoms with Crippen LogP contribution in [0.5, 0.6) is 0 Å². The zero-order valence-electron chi connectivity index (χ0n) is 23.0. The molecule has 2 aromatic heterocycles. The molecule has 0 saturated heterocycles. The van der Waals surface area contributed by atoms with Gasteiger partial charge in [-0.05, 0) is 56.1 Å². The van der Waals surface area contributed by atoms with E-state index in [2.05, 4.69) is 74.5 Å². The van der Waals surface area contributed by atoms with Crippen molar-refractivity contribution in [1.82, 2.24) is 19.9 Å². The summed E-state index contributed by atoms with van der Waals surface area (Å²) in [5, 5.41) is 6.47. The summed E-state index contributed by atoms with van der Waals surface area (Å²) in [6.45, 7) is 0. The van der Waals surface area contributed by atoms with Crippen LogP contribution in [0.3, 0.4) is 0 Å². The van der Waals surface area contributed by atoms with Crippen LogP contribution in [0.1, 0.15) is 0 Å². The quantitative estimate of drug-likeness (QED) is 0.0759. The average molecular weight is 779 g/mol. The molecule has 0 saturated carbocycles. The van der Waals surface area contributed by atoms with Crippen molar-refractivity contribution in [2.24, 2.45) is 0 Å². The molecule has 0 aliphatic rings. The van der Waals surface area contributed by atoms with Crippen LogP contribution < -0.4 is 0 Å². The van der Waals surface area contributed by atoms with Gasteiger partial charge in [-0.15, -0.1) is 23.2 Å². The molecule has 0 aliphatic heterocycles. The fraction of sp³-hybridized carbons (Fsp3) is 0.0303.